The van der Waals surface area contributed by atoms with E-state index in [0.29, 0.717) is 21.7 Å². The zero-order valence-corrected chi connectivity index (χ0v) is 12.4. The molecule has 4 nitrogen and oxygen atoms in total. The molecule has 19 heavy (non-hydrogen) atoms. The quantitative estimate of drug-likeness (QED) is 0.635. The minimum Gasteiger partial charge on any atom is -0.493 e. The Balaban J connectivity index is 2.26. The minimum absolute atomic E-state index is 0.175. The van der Waals surface area contributed by atoms with Crippen molar-refractivity contribution >= 4 is 21.9 Å². The molecule has 0 amide bonds. The number of ether oxygens (including phenoxy) is 2. The zero-order valence-electron chi connectivity index (χ0n) is 10.8. The number of hydrogen-bond acceptors (Lipinski definition) is 4. The molecule has 0 aliphatic heterocycles. The fourth-order valence-corrected chi connectivity index (χ4v) is 2.16. The number of aryl methyl sites for hydroxylation is 2. The molecule has 1 aromatic carbocycles. The van der Waals surface area contributed by atoms with E-state index in [1.165, 1.54) is 7.11 Å². The highest BCUT2D eigenvalue weighted by atomic mass is 79.9. The van der Waals surface area contributed by atoms with Gasteiger partial charge in [0.05, 0.1) is 7.11 Å². The Bertz CT molecular complexity index is 616. The lowest BCUT2D eigenvalue weighted by atomic mass is 10.2. The molecule has 2 aromatic rings. The van der Waals surface area contributed by atoms with Gasteiger partial charge in [-0.2, -0.15) is 0 Å². The second-order valence-electron chi connectivity index (χ2n) is 4.11. The van der Waals surface area contributed by atoms with Crippen LogP contribution in [-0.2, 0) is 0 Å². The van der Waals surface area contributed by atoms with E-state index in [-0.39, 0.29) is 5.76 Å². The number of benzene rings is 1. The van der Waals surface area contributed by atoms with Gasteiger partial charge >= 0.3 is 5.97 Å². The SMILES string of the molecule is COc1cc(C)ccc1OC(=O)c1oc(Br)cc1C. The van der Waals surface area contributed by atoms with E-state index in [1.54, 1.807) is 25.1 Å². The van der Waals surface area contributed by atoms with Crippen LogP contribution in [0.15, 0.2) is 33.4 Å². The molecule has 2 rings (SSSR count). The molecule has 5 heteroatoms. The molecule has 100 valence electrons. The smallest absolute Gasteiger partial charge is 0.380 e. The third kappa shape index (κ3) is 2.98. The molecule has 1 heterocycles. The molecule has 0 atom stereocenters. The number of carbonyl (C=O) groups is 1. The van der Waals surface area contributed by atoms with Crippen molar-refractivity contribution < 1.29 is 18.7 Å². The van der Waals surface area contributed by atoms with Crippen LogP contribution in [0.4, 0.5) is 0 Å². The Morgan fingerprint density at radius 1 is 1.21 bits per heavy atom. The molecular weight excluding hydrogens is 312 g/mol. The lowest BCUT2D eigenvalue weighted by Crippen LogP contribution is -2.09. The van der Waals surface area contributed by atoms with E-state index in [2.05, 4.69) is 15.9 Å². The highest BCUT2D eigenvalue weighted by Crippen LogP contribution is 2.29. The molecule has 0 saturated heterocycles. The first-order valence-electron chi connectivity index (χ1n) is 5.64. The Morgan fingerprint density at radius 3 is 2.53 bits per heavy atom. The molecule has 1 aromatic heterocycles. The van der Waals surface area contributed by atoms with Gasteiger partial charge < -0.3 is 13.9 Å². The number of esters is 1. The first-order chi connectivity index (χ1) is 9.01. The summed E-state index contributed by atoms with van der Waals surface area (Å²) < 4.78 is 16.2. The second kappa shape index (κ2) is 5.48. The Labute approximate surface area is 119 Å². The van der Waals surface area contributed by atoms with E-state index in [9.17, 15) is 4.79 Å². The predicted molar refractivity (Wildman–Crippen MR) is 73.8 cm³/mol. The summed E-state index contributed by atoms with van der Waals surface area (Å²) in [6.07, 6.45) is 0. The lowest BCUT2D eigenvalue weighted by Gasteiger charge is -2.09. The van der Waals surface area contributed by atoms with Crippen LogP contribution < -0.4 is 9.47 Å². The number of hydrogen-bond donors (Lipinski definition) is 0. The molecule has 0 saturated carbocycles. The second-order valence-corrected chi connectivity index (χ2v) is 4.89. The van der Waals surface area contributed by atoms with E-state index < -0.39 is 5.97 Å². The van der Waals surface area contributed by atoms with Gasteiger partial charge in [0, 0.05) is 5.56 Å². The van der Waals surface area contributed by atoms with Crippen LogP contribution in [0.25, 0.3) is 0 Å². The Morgan fingerprint density at radius 2 is 1.95 bits per heavy atom. The maximum absolute atomic E-state index is 12.0. The minimum atomic E-state index is -0.551. The van der Waals surface area contributed by atoms with Crippen molar-refractivity contribution in [1.29, 1.82) is 0 Å². The first-order valence-corrected chi connectivity index (χ1v) is 6.43. The molecule has 0 bridgehead atoms. The fourth-order valence-electron chi connectivity index (χ4n) is 1.65. The third-order valence-corrected chi connectivity index (χ3v) is 2.99. The summed E-state index contributed by atoms with van der Waals surface area (Å²) in [5, 5.41) is 0. The molecular formula is C14H13BrO4. The highest BCUT2D eigenvalue weighted by Gasteiger charge is 2.19. The monoisotopic (exact) mass is 324 g/mol. The van der Waals surface area contributed by atoms with Gasteiger partial charge in [-0.15, -0.1) is 0 Å². The summed E-state index contributed by atoms with van der Waals surface area (Å²) in [6, 6.07) is 7.05. The summed E-state index contributed by atoms with van der Waals surface area (Å²) in [5.41, 5.74) is 1.73. The fraction of sp³-hybridized carbons (Fsp3) is 0.214. The van der Waals surface area contributed by atoms with Crippen LogP contribution >= 0.6 is 15.9 Å². The summed E-state index contributed by atoms with van der Waals surface area (Å²) in [7, 11) is 1.53. The van der Waals surface area contributed by atoms with Gasteiger partial charge in [0.1, 0.15) is 0 Å². The van der Waals surface area contributed by atoms with Crippen LogP contribution in [0.1, 0.15) is 21.7 Å². The topological polar surface area (TPSA) is 48.7 Å². The lowest BCUT2D eigenvalue weighted by molar-refractivity contribution is 0.0694. The van der Waals surface area contributed by atoms with Crippen LogP contribution in [-0.4, -0.2) is 13.1 Å². The molecule has 0 aliphatic rings. The first kappa shape index (κ1) is 13.7. The summed E-state index contributed by atoms with van der Waals surface area (Å²) >= 11 is 3.18. The number of rotatable bonds is 3. The summed E-state index contributed by atoms with van der Waals surface area (Å²) in [6.45, 7) is 3.71. The van der Waals surface area contributed by atoms with Crippen molar-refractivity contribution in [1.82, 2.24) is 0 Å². The van der Waals surface area contributed by atoms with Gasteiger partial charge in [-0.25, -0.2) is 4.79 Å². The average Bonchev–Trinajstić information content (AvgIpc) is 2.70. The molecule has 0 aliphatic carbocycles. The van der Waals surface area contributed by atoms with Crippen molar-refractivity contribution in [2.75, 3.05) is 7.11 Å². The van der Waals surface area contributed by atoms with Crippen LogP contribution in [0.3, 0.4) is 0 Å². The standard InChI is InChI=1S/C14H13BrO4/c1-8-4-5-10(11(6-8)17-3)18-14(16)13-9(2)7-12(15)19-13/h4-7H,1-3H3. The van der Waals surface area contributed by atoms with E-state index in [0.717, 1.165) is 5.56 Å². The van der Waals surface area contributed by atoms with Crippen molar-refractivity contribution in [3.63, 3.8) is 0 Å². The third-order valence-electron chi connectivity index (χ3n) is 2.59. The van der Waals surface area contributed by atoms with Crippen molar-refractivity contribution in [2.24, 2.45) is 0 Å². The zero-order chi connectivity index (χ0) is 14.0. The van der Waals surface area contributed by atoms with Crippen molar-refractivity contribution in [3.05, 3.63) is 45.8 Å². The van der Waals surface area contributed by atoms with Crippen LogP contribution in [0.5, 0.6) is 11.5 Å². The van der Waals surface area contributed by atoms with Gasteiger partial charge in [-0.05, 0) is 53.5 Å². The van der Waals surface area contributed by atoms with Gasteiger partial charge in [-0.1, -0.05) is 6.07 Å². The van der Waals surface area contributed by atoms with Gasteiger partial charge in [0.15, 0.2) is 16.2 Å². The molecule has 0 radical (unpaired) electrons. The summed E-state index contributed by atoms with van der Waals surface area (Å²) in [5.74, 6) is 0.501. The maximum atomic E-state index is 12.0. The normalized spacial score (nSPS) is 10.3. The van der Waals surface area contributed by atoms with Crippen LogP contribution in [0.2, 0.25) is 0 Å². The molecule has 0 N–H and O–H groups in total. The van der Waals surface area contributed by atoms with E-state index in [1.807, 2.05) is 13.0 Å². The largest absolute Gasteiger partial charge is 0.493 e. The van der Waals surface area contributed by atoms with Crippen molar-refractivity contribution in [3.8, 4) is 11.5 Å². The number of carbonyl (C=O) groups excluding carboxylic acids is 1. The predicted octanol–water partition coefficient (Wildman–Crippen LogP) is 3.89. The summed E-state index contributed by atoms with van der Waals surface area (Å²) in [4.78, 5) is 12.0. The molecule has 0 unspecified atom stereocenters. The molecule has 0 spiro atoms. The number of furan rings is 1. The Hall–Kier alpha value is -1.75. The van der Waals surface area contributed by atoms with Gasteiger partial charge in [0.2, 0.25) is 5.76 Å². The van der Waals surface area contributed by atoms with Crippen LogP contribution in [0, 0.1) is 13.8 Å². The number of halogens is 1. The Kier molecular flexibility index (Phi) is 3.95. The van der Waals surface area contributed by atoms with E-state index in [4.69, 9.17) is 13.9 Å². The number of methoxy groups -OCH3 is 1. The van der Waals surface area contributed by atoms with Gasteiger partial charge in [-0.3, -0.25) is 0 Å². The van der Waals surface area contributed by atoms with Gasteiger partial charge in [0.25, 0.3) is 0 Å². The van der Waals surface area contributed by atoms with E-state index >= 15 is 0 Å². The van der Waals surface area contributed by atoms with Crippen molar-refractivity contribution in [2.45, 2.75) is 13.8 Å². The molecule has 0 fully saturated rings. The maximum Gasteiger partial charge on any atom is 0.380 e. The highest BCUT2D eigenvalue weighted by molar-refractivity contribution is 9.10. The average molecular weight is 325 g/mol.